The van der Waals surface area contributed by atoms with Gasteiger partial charge in [0, 0.05) is 37.8 Å². The normalized spacial score (nSPS) is 20.0. The van der Waals surface area contributed by atoms with Crippen LogP contribution in [0.5, 0.6) is 0 Å². The largest absolute Gasteiger partial charge is 0.368 e. The van der Waals surface area contributed by atoms with Crippen LogP contribution in [-0.2, 0) is 25.6 Å². The minimum absolute atomic E-state index is 0.00961. The van der Waals surface area contributed by atoms with Gasteiger partial charge in [0.25, 0.3) is 0 Å². The second kappa shape index (κ2) is 15.5. The van der Waals surface area contributed by atoms with Gasteiger partial charge < -0.3 is 25.8 Å². The minimum atomic E-state index is -0.877. The predicted octanol–water partition coefficient (Wildman–Crippen LogP) is 2.83. The molecule has 2 aliphatic heterocycles. The molecular weight excluding hydrogens is 484 g/mol. The van der Waals surface area contributed by atoms with Crippen molar-refractivity contribution in [3.63, 3.8) is 0 Å². The summed E-state index contributed by atoms with van der Waals surface area (Å²) in [5, 5.41) is 2.90. The monoisotopic (exact) mass is 530 g/mol. The van der Waals surface area contributed by atoms with Crippen LogP contribution < -0.4 is 11.1 Å². The van der Waals surface area contributed by atoms with E-state index in [1.165, 1.54) is 49.8 Å². The van der Waals surface area contributed by atoms with Crippen LogP contribution in [0.15, 0.2) is 12.5 Å². The van der Waals surface area contributed by atoms with Crippen molar-refractivity contribution in [3.05, 3.63) is 18.2 Å². The molecule has 0 radical (unpaired) electrons. The maximum atomic E-state index is 13.4. The highest BCUT2D eigenvalue weighted by atomic mass is 16.2. The fourth-order valence-corrected chi connectivity index (χ4v) is 5.68. The van der Waals surface area contributed by atoms with Crippen molar-refractivity contribution in [1.29, 1.82) is 0 Å². The Kier molecular flexibility index (Phi) is 12.1. The summed E-state index contributed by atoms with van der Waals surface area (Å²) < 4.78 is 0. The Labute approximate surface area is 226 Å². The van der Waals surface area contributed by atoms with Crippen molar-refractivity contribution in [2.45, 2.75) is 121 Å². The molecule has 212 valence electrons. The molecule has 3 rings (SSSR count). The summed E-state index contributed by atoms with van der Waals surface area (Å²) in [7, 11) is 0. The van der Waals surface area contributed by atoms with E-state index >= 15 is 0 Å². The van der Waals surface area contributed by atoms with Crippen molar-refractivity contribution < 1.29 is 19.2 Å². The van der Waals surface area contributed by atoms with Gasteiger partial charge in [0.15, 0.2) is 0 Å². The van der Waals surface area contributed by atoms with E-state index < -0.39 is 24.0 Å². The lowest BCUT2D eigenvalue weighted by molar-refractivity contribution is -0.142. The first-order chi connectivity index (χ1) is 18.4. The van der Waals surface area contributed by atoms with E-state index in [2.05, 4.69) is 22.2 Å². The first-order valence-corrected chi connectivity index (χ1v) is 14.6. The summed E-state index contributed by atoms with van der Waals surface area (Å²) in [5.74, 6) is -1.18. The number of unbranched alkanes of at least 4 members (excludes halogenated alkanes) is 8. The minimum Gasteiger partial charge on any atom is -0.368 e. The van der Waals surface area contributed by atoms with Crippen LogP contribution in [0.1, 0.15) is 103 Å². The lowest BCUT2D eigenvalue weighted by atomic mass is 10.1. The summed E-state index contributed by atoms with van der Waals surface area (Å²) in [4.78, 5) is 61.8. The van der Waals surface area contributed by atoms with Crippen LogP contribution in [-0.4, -0.2) is 74.6 Å². The number of nitrogens with zero attached hydrogens (tertiary/aromatic N) is 3. The lowest BCUT2D eigenvalue weighted by Gasteiger charge is -2.30. The molecule has 0 aliphatic carbocycles. The summed E-state index contributed by atoms with van der Waals surface area (Å²) in [5.41, 5.74) is 6.22. The molecule has 2 saturated heterocycles. The van der Waals surface area contributed by atoms with Gasteiger partial charge in [-0.15, -0.1) is 0 Å². The number of imidazole rings is 1. The maximum absolute atomic E-state index is 13.4. The number of amides is 4. The number of nitrogens with two attached hydrogens (primary N) is 1. The number of carbonyl (C=O) groups is 4. The van der Waals surface area contributed by atoms with E-state index in [-0.39, 0.29) is 24.1 Å². The molecule has 0 unspecified atom stereocenters. The fourth-order valence-electron chi connectivity index (χ4n) is 5.68. The predicted molar refractivity (Wildman–Crippen MR) is 145 cm³/mol. The van der Waals surface area contributed by atoms with Crippen LogP contribution >= 0.6 is 0 Å². The number of primary amides is 1. The van der Waals surface area contributed by atoms with Gasteiger partial charge in [-0.25, -0.2) is 4.98 Å². The highest BCUT2D eigenvalue weighted by Gasteiger charge is 2.39. The highest BCUT2D eigenvalue weighted by Crippen LogP contribution is 2.22. The second-order valence-electron chi connectivity index (χ2n) is 10.8. The molecule has 2 aliphatic rings. The third kappa shape index (κ3) is 8.56. The number of hydrogen-bond donors (Lipinski definition) is 3. The molecule has 0 aromatic carbocycles. The molecule has 4 N–H and O–H groups in total. The van der Waals surface area contributed by atoms with Crippen molar-refractivity contribution in [2.75, 3.05) is 13.1 Å². The maximum Gasteiger partial charge on any atom is 0.246 e. The number of aromatic amines is 1. The fraction of sp³-hybridized carbons (Fsp3) is 0.750. The van der Waals surface area contributed by atoms with E-state index in [9.17, 15) is 19.2 Å². The average Bonchev–Trinajstić information content (AvgIpc) is 3.68. The third-order valence-corrected chi connectivity index (χ3v) is 7.83. The number of nitrogens with one attached hydrogen (secondary N) is 2. The van der Waals surface area contributed by atoms with Gasteiger partial charge in [-0.05, 0) is 32.1 Å². The molecule has 38 heavy (non-hydrogen) atoms. The zero-order valence-corrected chi connectivity index (χ0v) is 23.0. The summed E-state index contributed by atoms with van der Waals surface area (Å²) >= 11 is 0. The number of hydrogen-bond acceptors (Lipinski definition) is 5. The Bertz CT molecular complexity index is 905. The van der Waals surface area contributed by atoms with E-state index in [4.69, 9.17) is 5.73 Å². The SMILES string of the molecule is CCCCCCCCCCCC(=O)N1CCC[C@H]1C(=O)N[C@@H](Cc1cnc[nH]1)C(=O)N1CCC[C@H]1C(N)=O. The second-order valence-corrected chi connectivity index (χ2v) is 10.8. The van der Waals surface area contributed by atoms with Crippen molar-refractivity contribution in [2.24, 2.45) is 5.73 Å². The molecule has 0 saturated carbocycles. The van der Waals surface area contributed by atoms with Gasteiger partial charge in [0.2, 0.25) is 23.6 Å². The Balaban J connectivity index is 1.52. The molecule has 1 aromatic rings. The molecule has 3 heterocycles. The molecule has 4 amide bonds. The number of aromatic nitrogens is 2. The van der Waals surface area contributed by atoms with Crippen LogP contribution in [0.25, 0.3) is 0 Å². The topological polar surface area (TPSA) is 141 Å². The summed E-state index contributed by atoms with van der Waals surface area (Å²) in [6, 6.07) is -2.12. The Morgan fingerprint density at radius 1 is 0.974 bits per heavy atom. The standard InChI is InChI=1S/C28H46N6O4/c1-2-3-4-5-6-7-8-9-10-15-25(35)33-16-12-14-24(33)27(37)32-22(18-21-19-30-20-31-21)28(38)34-17-11-13-23(34)26(29)36/h19-20,22-24H,2-18H2,1H3,(H2,29,36)(H,30,31)(H,32,37)/t22-,23-,24-/m0/s1. The Hall–Kier alpha value is -2.91. The summed E-state index contributed by atoms with van der Waals surface area (Å²) in [6.45, 7) is 3.21. The summed E-state index contributed by atoms with van der Waals surface area (Å²) in [6.07, 6.45) is 17.0. The first kappa shape index (κ1) is 29.6. The number of likely N-dealkylation sites (tertiary alicyclic amines) is 2. The number of rotatable bonds is 16. The van der Waals surface area contributed by atoms with Gasteiger partial charge in [-0.2, -0.15) is 0 Å². The third-order valence-electron chi connectivity index (χ3n) is 7.83. The van der Waals surface area contributed by atoms with Crippen LogP contribution in [0.4, 0.5) is 0 Å². The lowest BCUT2D eigenvalue weighted by Crippen LogP contribution is -2.56. The van der Waals surface area contributed by atoms with Gasteiger partial charge in [-0.3, -0.25) is 19.2 Å². The Morgan fingerprint density at radius 2 is 1.61 bits per heavy atom. The molecule has 10 heteroatoms. The van der Waals surface area contributed by atoms with Crippen molar-refractivity contribution in [1.82, 2.24) is 25.1 Å². The van der Waals surface area contributed by atoms with E-state index in [0.717, 1.165) is 25.7 Å². The zero-order chi connectivity index (χ0) is 27.3. The average molecular weight is 531 g/mol. The van der Waals surface area contributed by atoms with Crippen LogP contribution in [0, 0.1) is 0 Å². The van der Waals surface area contributed by atoms with Gasteiger partial charge in [0.05, 0.1) is 6.33 Å². The quantitative estimate of drug-likeness (QED) is 0.282. The molecule has 0 bridgehead atoms. The number of H-pyrrole nitrogens is 1. The van der Waals surface area contributed by atoms with Crippen molar-refractivity contribution in [3.8, 4) is 0 Å². The first-order valence-electron chi connectivity index (χ1n) is 14.6. The Morgan fingerprint density at radius 3 is 2.24 bits per heavy atom. The molecule has 0 spiro atoms. The van der Waals surface area contributed by atoms with Crippen LogP contribution in [0.3, 0.4) is 0 Å². The molecule has 2 fully saturated rings. The van der Waals surface area contributed by atoms with Gasteiger partial charge in [0.1, 0.15) is 18.1 Å². The van der Waals surface area contributed by atoms with Gasteiger partial charge in [-0.1, -0.05) is 58.3 Å². The highest BCUT2D eigenvalue weighted by molar-refractivity contribution is 5.94. The van der Waals surface area contributed by atoms with E-state index in [0.29, 0.717) is 44.5 Å². The molecular formula is C28H46N6O4. The van der Waals surface area contributed by atoms with E-state index in [1.807, 2.05) is 0 Å². The molecule has 10 nitrogen and oxygen atoms in total. The van der Waals surface area contributed by atoms with Gasteiger partial charge >= 0.3 is 0 Å². The molecule has 3 atom stereocenters. The number of carbonyl (C=O) groups excluding carboxylic acids is 4. The smallest absolute Gasteiger partial charge is 0.246 e. The van der Waals surface area contributed by atoms with E-state index in [1.54, 1.807) is 11.1 Å². The molecule has 1 aromatic heterocycles. The van der Waals surface area contributed by atoms with Crippen molar-refractivity contribution >= 4 is 23.6 Å². The zero-order valence-electron chi connectivity index (χ0n) is 23.0. The van der Waals surface area contributed by atoms with Crippen LogP contribution in [0.2, 0.25) is 0 Å².